The number of unbranched alkanes of at least 4 members (excludes halogenated alkanes) is 2. The lowest BCUT2D eigenvalue weighted by Crippen LogP contribution is -2.63. The molecule has 0 unspecified atom stereocenters. The first-order chi connectivity index (χ1) is 16.5. The molecule has 2 heterocycles. The molecule has 0 aromatic carbocycles. The second-order valence-corrected chi connectivity index (χ2v) is 14.0. The Balaban J connectivity index is 2.23. The van der Waals surface area contributed by atoms with E-state index in [-0.39, 0.29) is 46.1 Å². The summed E-state index contributed by atoms with van der Waals surface area (Å²) in [4.78, 5) is 31.1. The van der Waals surface area contributed by atoms with Gasteiger partial charge in [-0.25, -0.2) is 0 Å². The maximum atomic E-state index is 13.5. The third kappa shape index (κ3) is 9.16. The Morgan fingerprint density at radius 3 is 1.17 bits per heavy atom. The molecular weight excluding hydrogens is 448 g/mol. The van der Waals surface area contributed by atoms with Crippen molar-refractivity contribution in [1.82, 2.24) is 20.4 Å². The molecule has 0 aliphatic carbocycles. The van der Waals surface area contributed by atoms with E-state index >= 15 is 0 Å². The van der Waals surface area contributed by atoms with E-state index in [1.165, 1.54) is 0 Å². The number of carbonyl (C=O) groups excluding carboxylic acids is 2. The van der Waals surface area contributed by atoms with Crippen LogP contribution in [0.4, 0.5) is 0 Å². The number of carbonyl (C=O) groups is 2. The van der Waals surface area contributed by atoms with Crippen molar-refractivity contribution in [2.45, 2.75) is 155 Å². The van der Waals surface area contributed by atoms with E-state index in [9.17, 15) is 9.59 Å². The van der Waals surface area contributed by atoms with Gasteiger partial charge in [-0.3, -0.25) is 9.59 Å². The Kier molecular flexibility index (Phi) is 10.3. The Labute approximate surface area is 222 Å². The Bertz CT molecular complexity index is 688. The van der Waals surface area contributed by atoms with Crippen molar-refractivity contribution < 1.29 is 9.59 Å². The van der Waals surface area contributed by atoms with Crippen LogP contribution in [0.25, 0.3) is 0 Å². The van der Waals surface area contributed by atoms with E-state index in [1.54, 1.807) is 12.2 Å². The zero-order chi connectivity index (χ0) is 27.4. The number of rotatable bonds is 10. The van der Waals surface area contributed by atoms with E-state index in [0.717, 1.165) is 64.5 Å². The minimum absolute atomic E-state index is 0.0308. The van der Waals surface area contributed by atoms with Crippen molar-refractivity contribution in [3.8, 4) is 0 Å². The zero-order valence-electron chi connectivity index (χ0n) is 25.1. The fraction of sp³-hybridized carbons (Fsp3) is 0.867. The van der Waals surface area contributed by atoms with Crippen molar-refractivity contribution in [2.24, 2.45) is 0 Å². The van der Waals surface area contributed by atoms with Crippen LogP contribution < -0.4 is 10.6 Å². The van der Waals surface area contributed by atoms with Gasteiger partial charge in [0.1, 0.15) is 0 Å². The molecule has 0 aromatic heterocycles. The molecule has 36 heavy (non-hydrogen) atoms. The molecule has 0 saturated carbocycles. The fourth-order valence-corrected chi connectivity index (χ4v) is 6.91. The molecule has 208 valence electrons. The lowest BCUT2D eigenvalue weighted by molar-refractivity contribution is -0.132. The molecule has 0 spiro atoms. The van der Waals surface area contributed by atoms with Crippen LogP contribution in [0, 0.1) is 0 Å². The van der Waals surface area contributed by atoms with Crippen LogP contribution in [0.3, 0.4) is 0 Å². The van der Waals surface area contributed by atoms with Crippen molar-refractivity contribution in [1.29, 1.82) is 0 Å². The highest BCUT2D eigenvalue weighted by Gasteiger charge is 2.42. The van der Waals surface area contributed by atoms with Gasteiger partial charge >= 0.3 is 0 Å². The van der Waals surface area contributed by atoms with Crippen LogP contribution in [0.5, 0.6) is 0 Å². The van der Waals surface area contributed by atoms with E-state index in [1.807, 2.05) is 9.80 Å². The highest BCUT2D eigenvalue weighted by atomic mass is 16.2. The third-order valence-corrected chi connectivity index (χ3v) is 7.66. The summed E-state index contributed by atoms with van der Waals surface area (Å²) in [5, 5.41) is 7.45. The van der Waals surface area contributed by atoms with Gasteiger partial charge < -0.3 is 20.4 Å². The summed E-state index contributed by atoms with van der Waals surface area (Å²) in [5.74, 6) is -0.0616. The number of nitrogens with zero attached hydrogens (tertiary/aromatic N) is 2. The number of amides is 2. The summed E-state index contributed by atoms with van der Waals surface area (Å²) in [6.07, 6.45) is 10.8. The maximum Gasteiger partial charge on any atom is 0.247 e. The Morgan fingerprint density at radius 1 is 0.639 bits per heavy atom. The summed E-state index contributed by atoms with van der Waals surface area (Å²) in [7, 11) is 0. The third-order valence-electron chi connectivity index (χ3n) is 7.66. The standard InChI is InChI=1S/C30H56N4O2/c1-11-13-17-33(23-19-27(3,4)31-28(5,6)20-23)25(35)15-16-26(36)34(18-14-12-2)24-21-29(7,8)32-30(9,10)22-24/h15-16,23-24,31-32H,11-14,17-22H2,1-10H3. The molecule has 0 bridgehead atoms. The van der Waals surface area contributed by atoms with Gasteiger partial charge in [-0.05, 0) is 93.9 Å². The Morgan fingerprint density at radius 2 is 0.917 bits per heavy atom. The molecule has 2 aliphatic heterocycles. The zero-order valence-corrected chi connectivity index (χ0v) is 25.1. The molecule has 6 nitrogen and oxygen atoms in total. The topological polar surface area (TPSA) is 64.7 Å². The van der Waals surface area contributed by atoms with Gasteiger partial charge in [-0.1, -0.05) is 26.7 Å². The van der Waals surface area contributed by atoms with Crippen LogP contribution in [0.2, 0.25) is 0 Å². The predicted molar refractivity (Wildman–Crippen MR) is 151 cm³/mol. The minimum Gasteiger partial charge on any atom is -0.336 e. The normalized spacial score (nSPS) is 23.5. The van der Waals surface area contributed by atoms with Gasteiger partial charge in [0.15, 0.2) is 0 Å². The largest absolute Gasteiger partial charge is 0.336 e. The molecule has 0 atom stereocenters. The molecule has 0 aromatic rings. The van der Waals surface area contributed by atoms with Crippen LogP contribution in [0.15, 0.2) is 12.2 Å². The molecule has 2 aliphatic rings. The first-order valence-corrected chi connectivity index (χ1v) is 14.4. The maximum absolute atomic E-state index is 13.5. The second-order valence-electron chi connectivity index (χ2n) is 14.0. The highest BCUT2D eigenvalue weighted by Crippen LogP contribution is 2.33. The molecule has 0 radical (unpaired) electrons. The molecular formula is C30H56N4O2. The monoisotopic (exact) mass is 504 g/mol. The smallest absolute Gasteiger partial charge is 0.247 e. The molecule has 2 rings (SSSR count). The van der Waals surface area contributed by atoms with Crippen molar-refractivity contribution in [3.05, 3.63) is 12.2 Å². The van der Waals surface area contributed by atoms with Gasteiger partial charge in [0.25, 0.3) is 0 Å². The summed E-state index contributed by atoms with van der Waals surface area (Å²) in [5.41, 5.74) is -0.158. The molecule has 2 fully saturated rings. The molecule has 2 amide bonds. The highest BCUT2D eigenvalue weighted by molar-refractivity contribution is 5.97. The lowest BCUT2D eigenvalue weighted by Gasteiger charge is -2.49. The quantitative estimate of drug-likeness (QED) is 0.390. The average Bonchev–Trinajstić information content (AvgIpc) is 2.68. The van der Waals surface area contributed by atoms with Gasteiger partial charge in [-0.15, -0.1) is 0 Å². The van der Waals surface area contributed by atoms with Crippen molar-refractivity contribution >= 4 is 11.8 Å². The minimum atomic E-state index is -0.0394. The van der Waals surface area contributed by atoms with Crippen LogP contribution in [0.1, 0.15) is 121 Å². The SMILES string of the molecule is CCCCN(C(=O)C=CC(=O)N(CCCC)C1CC(C)(C)NC(C)(C)C1)C1CC(C)(C)NC(C)(C)C1. The predicted octanol–water partition coefficient (Wildman–Crippen LogP) is 5.42. The van der Waals surface area contributed by atoms with Gasteiger partial charge in [0, 0.05) is 59.5 Å². The number of hydrogen-bond donors (Lipinski definition) is 2. The summed E-state index contributed by atoms with van der Waals surface area (Å²) < 4.78 is 0. The number of piperidine rings is 2. The molecule has 2 N–H and O–H groups in total. The fourth-order valence-electron chi connectivity index (χ4n) is 6.91. The Hall–Kier alpha value is -1.40. The first-order valence-electron chi connectivity index (χ1n) is 14.4. The van der Waals surface area contributed by atoms with E-state index in [4.69, 9.17) is 0 Å². The average molecular weight is 505 g/mol. The van der Waals surface area contributed by atoms with E-state index in [2.05, 4.69) is 79.9 Å². The van der Waals surface area contributed by atoms with E-state index < -0.39 is 0 Å². The number of hydrogen-bond acceptors (Lipinski definition) is 4. The van der Waals surface area contributed by atoms with Gasteiger partial charge in [-0.2, -0.15) is 0 Å². The van der Waals surface area contributed by atoms with Crippen LogP contribution >= 0.6 is 0 Å². The molecule has 2 saturated heterocycles. The summed E-state index contributed by atoms with van der Waals surface area (Å²) in [6, 6.07) is 0.328. The van der Waals surface area contributed by atoms with Gasteiger partial charge in [0.05, 0.1) is 0 Å². The van der Waals surface area contributed by atoms with E-state index in [0.29, 0.717) is 0 Å². The van der Waals surface area contributed by atoms with Gasteiger partial charge in [0.2, 0.25) is 11.8 Å². The summed E-state index contributed by atoms with van der Waals surface area (Å²) in [6.45, 7) is 23.5. The van der Waals surface area contributed by atoms with Crippen molar-refractivity contribution in [2.75, 3.05) is 13.1 Å². The molecule has 6 heteroatoms. The first kappa shape index (κ1) is 30.8. The summed E-state index contributed by atoms with van der Waals surface area (Å²) >= 11 is 0. The van der Waals surface area contributed by atoms with Crippen LogP contribution in [-0.2, 0) is 9.59 Å². The lowest BCUT2D eigenvalue weighted by atomic mass is 9.78. The number of nitrogens with one attached hydrogen (secondary N) is 2. The van der Waals surface area contributed by atoms with Crippen LogP contribution in [-0.4, -0.2) is 68.9 Å². The van der Waals surface area contributed by atoms with Crippen molar-refractivity contribution in [3.63, 3.8) is 0 Å². The second kappa shape index (κ2) is 12.0.